The largest absolute Gasteiger partial charge is 0.497 e. The van der Waals surface area contributed by atoms with E-state index in [1.54, 1.807) is 24.3 Å². The van der Waals surface area contributed by atoms with Gasteiger partial charge in [0.2, 0.25) is 0 Å². The molecule has 140 valence electrons. The van der Waals surface area contributed by atoms with E-state index >= 15 is 0 Å². The summed E-state index contributed by atoms with van der Waals surface area (Å²) >= 11 is 0. The molecular formula is C19H15F3N2O3. The number of hydrogen-bond donors (Lipinski definition) is 0. The zero-order valence-corrected chi connectivity index (χ0v) is 14.4. The van der Waals surface area contributed by atoms with Gasteiger partial charge in [-0.15, -0.1) is 0 Å². The fourth-order valence-corrected chi connectivity index (χ4v) is 2.56. The zero-order chi connectivity index (χ0) is 19.6. The second-order valence-corrected chi connectivity index (χ2v) is 5.59. The number of carbonyl (C=O) groups excluding carboxylic acids is 1. The monoisotopic (exact) mass is 375 g/mol. The fourth-order valence-electron chi connectivity index (χ4n) is 2.56. The minimum atomic E-state index is -4.59. The number of methoxy groups -OCH3 is 2. The maximum absolute atomic E-state index is 13.2. The smallest absolute Gasteiger partial charge is 0.435 e. The number of halogens is 3. The van der Waals surface area contributed by atoms with Crippen LogP contribution in [0.15, 0.2) is 54.6 Å². The van der Waals surface area contributed by atoms with Crippen LogP contribution in [0.1, 0.15) is 16.1 Å². The van der Waals surface area contributed by atoms with Crippen LogP contribution in [-0.4, -0.2) is 30.0 Å². The second-order valence-electron chi connectivity index (χ2n) is 5.59. The van der Waals surface area contributed by atoms with Gasteiger partial charge in [0.05, 0.1) is 31.2 Å². The number of esters is 1. The molecular weight excluding hydrogens is 360 g/mol. The molecule has 0 bridgehead atoms. The number of hydrogen-bond acceptors (Lipinski definition) is 4. The van der Waals surface area contributed by atoms with E-state index in [0.717, 1.165) is 6.07 Å². The Morgan fingerprint density at radius 2 is 1.74 bits per heavy atom. The van der Waals surface area contributed by atoms with Crippen LogP contribution in [0.2, 0.25) is 0 Å². The van der Waals surface area contributed by atoms with Crippen LogP contribution >= 0.6 is 0 Å². The maximum Gasteiger partial charge on any atom is 0.435 e. The Morgan fingerprint density at radius 1 is 1.04 bits per heavy atom. The summed E-state index contributed by atoms with van der Waals surface area (Å²) in [5.41, 5.74) is 0.391. The first-order valence-electron chi connectivity index (χ1n) is 7.84. The molecule has 0 aliphatic carbocycles. The quantitative estimate of drug-likeness (QED) is 0.636. The van der Waals surface area contributed by atoms with Gasteiger partial charge in [0.15, 0.2) is 5.69 Å². The van der Waals surface area contributed by atoms with Crippen molar-refractivity contribution in [1.29, 1.82) is 0 Å². The predicted molar refractivity (Wildman–Crippen MR) is 91.9 cm³/mol. The number of ether oxygens (including phenoxy) is 2. The number of aromatic nitrogens is 2. The Bertz CT molecular complexity index is 963. The van der Waals surface area contributed by atoms with Gasteiger partial charge in [-0.25, -0.2) is 9.48 Å². The third kappa shape index (κ3) is 3.79. The van der Waals surface area contributed by atoms with E-state index in [2.05, 4.69) is 9.84 Å². The van der Waals surface area contributed by atoms with Crippen molar-refractivity contribution in [3.63, 3.8) is 0 Å². The van der Waals surface area contributed by atoms with E-state index in [1.165, 1.54) is 43.2 Å². The molecule has 0 fully saturated rings. The number of rotatable bonds is 4. The molecule has 0 aliphatic heterocycles. The van der Waals surface area contributed by atoms with Gasteiger partial charge in [-0.1, -0.05) is 12.1 Å². The number of alkyl halides is 3. The van der Waals surface area contributed by atoms with Gasteiger partial charge in [-0.2, -0.15) is 18.3 Å². The van der Waals surface area contributed by atoms with E-state index in [4.69, 9.17) is 4.74 Å². The van der Waals surface area contributed by atoms with Crippen molar-refractivity contribution in [2.24, 2.45) is 0 Å². The van der Waals surface area contributed by atoms with Gasteiger partial charge >= 0.3 is 12.1 Å². The molecule has 2 aromatic carbocycles. The van der Waals surface area contributed by atoms with Crippen LogP contribution in [-0.2, 0) is 10.9 Å². The van der Waals surface area contributed by atoms with Crippen molar-refractivity contribution in [2.75, 3.05) is 14.2 Å². The van der Waals surface area contributed by atoms with Crippen molar-refractivity contribution in [1.82, 2.24) is 9.78 Å². The lowest BCUT2D eigenvalue weighted by molar-refractivity contribution is -0.141. The van der Waals surface area contributed by atoms with Crippen LogP contribution in [0.4, 0.5) is 13.2 Å². The van der Waals surface area contributed by atoms with Crippen molar-refractivity contribution in [3.05, 3.63) is 65.9 Å². The topological polar surface area (TPSA) is 53.4 Å². The summed E-state index contributed by atoms with van der Waals surface area (Å²) in [6.07, 6.45) is -4.59. The van der Waals surface area contributed by atoms with Crippen LogP contribution in [0.5, 0.6) is 5.75 Å². The minimum Gasteiger partial charge on any atom is -0.497 e. The summed E-state index contributed by atoms with van der Waals surface area (Å²) in [5, 5.41) is 3.71. The highest BCUT2D eigenvalue weighted by molar-refractivity contribution is 5.89. The number of carbonyl (C=O) groups is 1. The average Bonchev–Trinajstić information content (AvgIpc) is 3.13. The molecule has 5 nitrogen and oxygen atoms in total. The molecule has 0 saturated carbocycles. The van der Waals surface area contributed by atoms with Crippen molar-refractivity contribution in [3.8, 4) is 22.7 Å². The molecule has 0 saturated heterocycles. The molecule has 0 atom stereocenters. The molecule has 1 heterocycles. The van der Waals surface area contributed by atoms with Gasteiger partial charge in [-0.3, -0.25) is 0 Å². The van der Waals surface area contributed by atoms with Gasteiger partial charge in [0, 0.05) is 5.56 Å². The normalized spacial score (nSPS) is 11.3. The highest BCUT2D eigenvalue weighted by Gasteiger charge is 2.35. The van der Waals surface area contributed by atoms with Crippen LogP contribution < -0.4 is 4.74 Å². The van der Waals surface area contributed by atoms with Crippen LogP contribution in [0.25, 0.3) is 16.9 Å². The lowest BCUT2D eigenvalue weighted by Crippen LogP contribution is -2.07. The third-order valence-corrected chi connectivity index (χ3v) is 3.90. The summed E-state index contributed by atoms with van der Waals surface area (Å²) < 4.78 is 50.6. The molecule has 1 aromatic heterocycles. The molecule has 8 heteroatoms. The van der Waals surface area contributed by atoms with Crippen LogP contribution in [0, 0.1) is 0 Å². The SMILES string of the molecule is COc1cccc(-c2cc(C(F)(F)F)nn2-c2ccc(C(=O)O[11CH3])cc2)c1. The van der Waals surface area contributed by atoms with Crippen molar-refractivity contribution < 1.29 is 27.4 Å². The Balaban J connectivity index is 2.13. The van der Waals surface area contributed by atoms with Crippen LogP contribution in [0.3, 0.4) is 0 Å². The maximum atomic E-state index is 13.2. The lowest BCUT2D eigenvalue weighted by atomic mass is 10.1. The number of benzene rings is 2. The molecule has 0 aliphatic rings. The van der Waals surface area contributed by atoms with Gasteiger partial charge in [0.25, 0.3) is 0 Å². The summed E-state index contributed by atoms with van der Waals surface area (Å²) in [5.74, 6) is -0.0270. The van der Waals surface area contributed by atoms with Gasteiger partial charge < -0.3 is 9.47 Å². The first-order chi connectivity index (χ1) is 12.8. The minimum absolute atomic E-state index is 0.243. The molecule has 0 unspecified atom stereocenters. The van der Waals surface area contributed by atoms with E-state index in [-0.39, 0.29) is 11.3 Å². The summed E-state index contributed by atoms with van der Waals surface area (Å²) in [6.45, 7) is 0. The summed E-state index contributed by atoms with van der Waals surface area (Å²) in [6, 6.07) is 13.6. The van der Waals surface area contributed by atoms with E-state index in [1.807, 2.05) is 0 Å². The molecule has 0 spiro atoms. The average molecular weight is 375 g/mol. The zero-order valence-electron chi connectivity index (χ0n) is 14.4. The van der Waals surface area contributed by atoms with Crippen molar-refractivity contribution in [2.45, 2.75) is 6.18 Å². The van der Waals surface area contributed by atoms with E-state index in [9.17, 15) is 18.0 Å². The fraction of sp³-hybridized carbons (Fsp3) is 0.158. The molecule has 0 radical (unpaired) electrons. The molecule has 3 aromatic rings. The van der Waals surface area contributed by atoms with E-state index < -0.39 is 17.8 Å². The summed E-state index contributed by atoms with van der Waals surface area (Å²) in [7, 11) is 2.73. The Labute approximate surface area is 152 Å². The Kier molecular flexibility index (Phi) is 4.89. The van der Waals surface area contributed by atoms with Gasteiger partial charge in [-0.05, 0) is 42.5 Å². The molecule has 3 rings (SSSR count). The lowest BCUT2D eigenvalue weighted by Gasteiger charge is -2.09. The summed E-state index contributed by atoms with van der Waals surface area (Å²) in [4.78, 5) is 11.5. The van der Waals surface area contributed by atoms with Crippen molar-refractivity contribution >= 4 is 5.97 Å². The first kappa shape index (κ1) is 18.5. The molecule has 0 N–H and O–H groups in total. The molecule has 0 amide bonds. The Hall–Kier alpha value is -3.29. The third-order valence-electron chi connectivity index (χ3n) is 3.90. The van der Waals surface area contributed by atoms with E-state index in [0.29, 0.717) is 17.0 Å². The standard InChI is InChI=1S/C19H15F3N2O3/c1-26-15-5-3-4-13(10-15)16-11-17(19(20,21)22)23-24(16)14-8-6-12(7-9-14)18(25)27-2/h3-11H,1-2H3/i2-1. The number of nitrogens with zero attached hydrogens (tertiary/aromatic N) is 2. The highest BCUT2D eigenvalue weighted by atomic mass is 19.4. The second kappa shape index (κ2) is 7.14. The Morgan fingerprint density at radius 3 is 2.33 bits per heavy atom. The highest BCUT2D eigenvalue weighted by Crippen LogP contribution is 2.34. The van der Waals surface area contributed by atoms with Gasteiger partial charge in [0.1, 0.15) is 5.75 Å². The molecule has 27 heavy (non-hydrogen) atoms. The predicted octanol–water partition coefficient (Wildman–Crippen LogP) is 4.35. The first-order valence-corrected chi connectivity index (χ1v) is 7.84.